The van der Waals surface area contributed by atoms with Crippen LogP contribution < -0.4 is 5.32 Å². The summed E-state index contributed by atoms with van der Waals surface area (Å²) in [6.07, 6.45) is 1.82. The Morgan fingerprint density at radius 2 is 2.25 bits per heavy atom. The van der Waals surface area contributed by atoms with Crippen molar-refractivity contribution >= 4 is 34.2 Å². The number of hydrogen-bond donors (Lipinski definition) is 1. The first kappa shape index (κ1) is 7.91. The van der Waals surface area contributed by atoms with E-state index in [2.05, 4.69) is 17.5 Å². The Labute approximate surface area is 58.0 Å². The van der Waals surface area contributed by atoms with E-state index in [1.165, 1.54) is 18.7 Å². The molecule has 0 fully saturated rings. The molecule has 46 valence electrons. The quantitative estimate of drug-likeness (QED) is 0.516. The van der Waals surface area contributed by atoms with Crippen LogP contribution in [0.1, 0.15) is 6.92 Å². The summed E-state index contributed by atoms with van der Waals surface area (Å²) in [6, 6.07) is 0. The van der Waals surface area contributed by atoms with Crippen molar-refractivity contribution in [2.24, 2.45) is 0 Å². The van der Waals surface area contributed by atoms with Gasteiger partial charge in [-0.25, -0.2) is 0 Å². The van der Waals surface area contributed by atoms with Gasteiger partial charge in [-0.2, -0.15) is 0 Å². The molecule has 4 heteroatoms. The lowest BCUT2D eigenvalue weighted by molar-refractivity contribution is -0.117. The fraction of sp³-hybridized carbons (Fsp3) is 0.500. The molecule has 0 saturated carbocycles. The lowest BCUT2D eigenvalue weighted by atomic mass is 10.7. The Morgan fingerprint density at radius 3 is 2.38 bits per heavy atom. The zero-order valence-electron chi connectivity index (χ0n) is 4.72. The SMILES string of the molecule is CSC(=S)NC(C)=O. The van der Waals surface area contributed by atoms with Gasteiger partial charge in [-0.1, -0.05) is 12.2 Å². The molecule has 0 bridgehead atoms. The van der Waals surface area contributed by atoms with Crippen molar-refractivity contribution in [1.82, 2.24) is 5.32 Å². The molecule has 0 radical (unpaired) electrons. The highest BCUT2D eigenvalue weighted by Gasteiger charge is 1.92. The first-order valence-electron chi connectivity index (χ1n) is 2.02. The monoisotopic (exact) mass is 149 g/mol. The number of carbonyl (C=O) groups is 1. The van der Waals surface area contributed by atoms with E-state index in [9.17, 15) is 4.79 Å². The Morgan fingerprint density at radius 1 is 1.75 bits per heavy atom. The van der Waals surface area contributed by atoms with E-state index in [1.807, 2.05) is 6.26 Å². The Kier molecular flexibility index (Phi) is 3.81. The molecule has 0 spiro atoms. The fourth-order valence-corrected chi connectivity index (χ4v) is 0.584. The van der Waals surface area contributed by atoms with E-state index < -0.39 is 0 Å². The predicted molar refractivity (Wildman–Crippen MR) is 39.9 cm³/mol. The van der Waals surface area contributed by atoms with Crippen LogP contribution in [-0.4, -0.2) is 16.5 Å². The van der Waals surface area contributed by atoms with Gasteiger partial charge in [0.2, 0.25) is 5.91 Å². The van der Waals surface area contributed by atoms with Crippen molar-refractivity contribution in [2.45, 2.75) is 6.92 Å². The molecule has 0 aromatic rings. The van der Waals surface area contributed by atoms with Crippen LogP contribution >= 0.6 is 24.0 Å². The number of nitrogens with one attached hydrogen (secondary N) is 1. The minimum Gasteiger partial charge on any atom is -0.312 e. The molecule has 0 aliphatic carbocycles. The minimum atomic E-state index is -0.107. The second-order valence-corrected chi connectivity index (χ2v) is 2.66. The highest BCUT2D eigenvalue weighted by Crippen LogP contribution is 1.91. The van der Waals surface area contributed by atoms with Crippen LogP contribution in [0.5, 0.6) is 0 Å². The molecule has 0 rings (SSSR count). The van der Waals surface area contributed by atoms with Crippen molar-refractivity contribution in [3.8, 4) is 0 Å². The van der Waals surface area contributed by atoms with Gasteiger partial charge in [0.05, 0.1) is 0 Å². The molecule has 8 heavy (non-hydrogen) atoms. The van der Waals surface area contributed by atoms with Gasteiger partial charge < -0.3 is 5.32 Å². The molecule has 2 nitrogen and oxygen atoms in total. The molecule has 1 amide bonds. The van der Waals surface area contributed by atoms with Gasteiger partial charge in [0.25, 0.3) is 0 Å². The van der Waals surface area contributed by atoms with Gasteiger partial charge in [0.1, 0.15) is 4.32 Å². The van der Waals surface area contributed by atoms with E-state index in [0.29, 0.717) is 4.32 Å². The number of carbonyl (C=O) groups excluding carboxylic acids is 1. The molecule has 0 aromatic carbocycles. The molecule has 0 aliphatic heterocycles. The second-order valence-electron chi connectivity index (χ2n) is 1.17. The summed E-state index contributed by atoms with van der Waals surface area (Å²) in [5, 5.41) is 2.45. The van der Waals surface area contributed by atoms with Crippen molar-refractivity contribution in [1.29, 1.82) is 0 Å². The summed E-state index contributed by atoms with van der Waals surface area (Å²) in [4.78, 5) is 10.2. The zero-order chi connectivity index (χ0) is 6.57. The maximum atomic E-state index is 10.2. The molecule has 0 aromatic heterocycles. The van der Waals surface area contributed by atoms with Crippen molar-refractivity contribution in [2.75, 3.05) is 6.26 Å². The van der Waals surface area contributed by atoms with Crippen molar-refractivity contribution in [3.05, 3.63) is 0 Å². The van der Waals surface area contributed by atoms with Gasteiger partial charge in [0, 0.05) is 6.92 Å². The lowest BCUT2D eigenvalue weighted by Gasteiger charge is -1.96. The van der Waals surface area contributed by atoms with E-state index in [4.69, 9.17) is 0 Å². The Hall–Kier alpha value is -0.0900. The second kappa shape index (κ2) is 3.86. The molecule has 0 atom stereocenters. The van der Waals surface area contributed by atoms with Gasteiger partial charge >= 0.3 is 0 Å². The standard InChI is InChI=1S/C4H7NOS2/c1-3(6)5-4(7)8-2/h1-2H3,(H,5,6,7). The van der Waals surface area contributed by atoms with E-state index >= 15 is 0 Å². The number of amides is 1. The normalized spacial score (nSPS) is 8.25. The van der Waals surface area contributed by atoms with Crippen LogP contribution in [-0.2, 0) is 4.79 Å². The van der Waals surface area contributed by atoms with E-state index in [0.717, 1.165) is 0 Å². The number of hydrogen-bond acceptors (Lipinski definition) is 3. The topological polar surface area (TPSA) is 29.1 Å². The van der Waals surface area contributed by atoms with Crippen LogP contribution in [0.4, 0.5) is 0 Å². The maximum absolute atomic E-state index is 10.2. The summed E-state index contributed by atoms with van der Waals surface area (Å²) >= 11 is 6.02. The molecule has 0 saturated heterocycles. The Bertz CT molecular complexity index is 113. The number of thiocarbonyl (C=S) groups is 1. The minimum absolute atomic E-state index is 0.107. The number of rotatable bonds is 0. The highest BCUT2D eigenvalue weighted by molar-refractivity contribution is 8.22. The van der Waals surface area contributed by atoms with Crippen LogP contribution in [0.25, 0.3) is 0 Å². The summed E-state index contributed by atoms with van der Waals surface area (Å²) in [7, 11) is 0. The lowest BCUT2D eigenvalue weighted by Crippen LogP contribution is -2.23. The van der Waals surface area contributed by atoms with Crippen LogP contribution in [0, 0.1) is 0 Å². The largest absolute Gasteiger partial charge is 0.312 e. The average Bonchev–Trinajstić information content (AvgIpc) is 1.65. The third kappa shape index (κ3) is 4.08. The van der Waals surface area contributed by atoms with Crippen LogP contribution in [0.15, 0.2) is 0 Å². The van der Waals surface area contributed by atoms with Crippen LogP contribution in [0.3, 0.4) is 0 Å². The van der Waals surface area contributed by atoms with Gasteiger partial charge in [-0.15, -0.1) is 11.8 Å². The van der Waals surface area contributed by atoms with Gasteiger partial charge in [-0.05, 0) is 6.26 Å². The predicted octanol–water partition coefficient (Wildman–Crippen LogP) is 0.770. The molecule has 0 heterocycles. The number of thioether (sulfide) groups is 1. The summed E-state index contributed by atoms with van der Waals surface area (Å²) in [5.41, 5.74) is 0. The smallest absolute Gasteiger partial charge is 0.222 e. The third-order valence-corrected chi connectivity index (χ3v) is 1.54. The third-order valence-electron chi connectivity index (χ3n) is 0.463. The summed E-state index contributed by atoms with van der Waals surface area (Å²) in [6.45, 7) is 1.43. The fourth-order valence-electron chi connectivity index (χ4n) is 0.195. The van der Waals surface area contributed by atoms with Crippen LogP contribution in [0.2, 0.25) is 0 Å². The molecule has 0 aliphatic rings. The van der Waals surface area contributed by atoms with Gasteiger partial charge in [-0.3, -0.25) is 4.79 Å². The first-order chi connectivity index (χ1) is 3.66. The van der Waals surface area contributed by atoms with E-state index in [1.54, 1.807) is 0 Å². The first-order valence-corrected chi connectivity index (χ1v) is 3.65. The maximum Gasteiger partial charge on any atom is 0.222 e. The van der Waals surface area contributed by atoms with Crippen molar-refractivity contribution in [3.63, 3.8) is 0 Å². The summed E-state index contributed by atoms with van der Waals surface area (Å²) < 4.78 is 0.525. The Balaban J connectivity index is 3.40. The summed E-state index contributed by atoms with van der Waals surface area (Å²) in [5.74, 6) is -0.107. The molecule has 0 unspecified atom stereocenters. The van der Waals surface area contributed by atoms with Crippen molar-refractivity contribution < 1.29 is 4.79 Å². The zero-order valence-corrected chi connectivity index (χ0v) is 6.36. The highest BCUT2D eigenvalue weighted by atomic mass is 32.2. The van der Waals surface area contributed by atoms with E-state index in [-0.39, 0.29) is 5.91 Å². The average molecular weight is 149 g/mol. The molecular weight excluding hydrogens is 142 g/mol. The molecular formula is C4H7NOS2. The van der Waals surface area contributed by atoms with Gasteiger partial charge in [0.15, 0.2) is 0 Å². The molecule has 1 N–H and O–H groups in total.